The highest BCUT2D eigenvalue weighted by atomic mass is 32.2. The molecule has 134 valence electrons. The van der Waals surface area contributed by atoms with Crippen molar-refractivity contribution in [2.24, 2.45) is 0 Å². The van der Waals surface area contributed by atoms with Crippen LogP contribution in [0.5, 0.6) is 0 Å². The van der Waals surface area contributed by atoms with Gasteiger partial charge in [-0.2, -0.15) is 9.61 Å². The molecular formula is C17H17N5O3S. The molecule has 0 unspecified atom stereocenters. The summed E-state index contributed by atoms with van der Waals surface area (Å²) in [5, 5.41) is 4.52. The number of hydrogen-bond donors (Lipinski definition) is 1. The Morgan fingerprint density at radius 2 is 2.00 bits per heavy atom. The van der Waals surface area contributed by atoms with Crippen molar-refractivity contribution in [1.29, 1.82) is 0 Å². The lowest BCUT2D eigenvalue weighted by molar-refractivity contribution is -0.132. The second-order valence-electron chi connectivity index (χ2n) is 5.79. The fourth-order valence-electron chi connectivity index (χ4n) is 2.79. The van der Waals surface area contributed by atoms with E-state index in [9.17, 15) is 9.59 Å². The Kier molecular flexibility index (Phi) is 4.72. The average Bonchev–Trinajstić information content (AvgIpc) is 3.12. The van der Waals surface area contributed by atoms with Crippen LogP contribution < -0.4 is 5.69 Å². The Bertz CT molecular complexity index is 979. The Balaban J connectivity index is 1.58. The maximum Gasteiger partial charge on any atom is 0.350 e. The first-order chi connectivity index (χ1) is 12.7. The number of nitrogens with one attached hydrogen (secondary N) is 1. The van der Waals surface area contributed by atoms with Crippen LogP contribution in [-0.2, 0) is 9.53 Å². The number of benzene rings is 1. The molecular weight excluding hydrogens is 354 g/mol. The molecule has 0 aliphatic carbocycles. The molecule has 1 fully saturated rings. The number of hydrogen-bond acceptors (Lipinski definition) is 6. The molecule has 0 atom stereocenters. The zero-order chi connectivity index (χ0) is 17.9. The minimum Gasteiger partial charge on any atom is -0.378 e. The van der Waals surface area contributed by atoms with E-state index >= 15 is 0 Å². The van der Waals surface area contributed by atoms with E-state index in [1.807, 2.05) is 30.3 Å². The largest absolute Gasteiger partial charge is 0.378 e. The quantitative estimate of drug-likeness (QED) is 0.689. The van der Waals surface area contributed by atoms with Gasteiger partial charge < -0.3 is 9.64 Å². The fourth-order valence-corrected chi connectivity index (χ4v) is 3.54. The van der Waals surface area contributed by atoms with Crippen LogP contribution >= 0.6 is 11.8 Å². The normalized spacial score (nSPS) is 14.7. The lowest BCUT2D eigenvalue weighted by Gasteiger charge is -2.26. The van der Waals surface area contributed by atoms with E-state index in [0.29, 0.717) is 37.1 Å². The van der Waals surface area contributed by atoms with Crippen LogP contribution in [0, 0.1) is 0 Å². The molecule has 0 spiro atoms. The Morgan fingerprint density at radius 1 is 1.23 bits per heavy atom. The van der Waals surface area contributed by atoms with Crippen LogP contribution in [0.4, 0.5) is 0 Å². The molecule has 1 aromatic carbocycles. The van der Waals surface area contributed by atoms with Crippen LogP contribution in [0.2, 0.25) is 0 Å². The second-order valence-corrected chi connectivity index (χ2v) is 6.75. The van der Waals surface area contributed by atoms with Gasteiger partial charge in [0.15, 0.2) is 10.8 Å². The molecule has 1 saturated heterocycles. The number of thioether (sulfide) groups is 1. The summed E-state index contributed by atoms with van der Waals surface area (Å²) in [6, 6.07) is 9.64. The number of aromatic nitrogens is 4. The molecule has 0 saturated carbocycles. The summed E-state index contributed by atoms with van der Waals surface area (Å²) in [6.07, 6.45) is 1.63. The minimum atomic E-state index is -0.376. The molecule has 1 aliphatic rings. The highest BCUT2D eigenvalue weighted by molar-refractivity contribution is 7.99. The molecule has 3 aromatic rings. The van der Waals surface area contributed by atoms with Gasteiger partial charge in [-0.25, -0.2) is 9.78 Å². The molecule has 9 heteroatoms. The zero-order valence-corrected chi connectivity index (χ0v) is 14.7. The summed E-state index contributed by atoms with van der Waals surface area (Å²) in [7, 11) is 0. The Hall–Kier alpha value is -2.65. The van der Waals surface area contributed by atoms with Crippen molar-refractivity contribution in [1.82, 2.24) is 24.5 Å². The van der Waals surface area contributed by atoms with Gasteiger partial charge in [0.25, 0.3) is 0 Å². The number of amides is 1. The average molecular weight is 371 g/mol. The molecule has 1 aliphatic heterocycles. The highest BCUT2D eigenvalue weighted by Gasteiger charge is 2.18. The fraction of sp³-hybridized carbons (Fsp3) is 0.294. The summed E-state index contributed by atoms with van der Waals surface area (Å²) in [4.78, 5) is 33.5. The number of fused-ring (bicyclic) bond motifs is 1. The molecule has 26 heavy (non-hydrogen) atoms. The van der Waals surface area contributed by atoms with Gasteiger partial charge in [-0.1, -0.05) is 42.1 Å². The summed E-state index contributed by atoms with van der Waals surface area (Å²) < 4.78 is 6.49. The van der Waals surface area contributed by atoms with Gasteiger partial charge in [0.1, 0.15) is 0 Å². The highest BCUT2D eigenvalue weighted by Crippen LogP contribution is 2.23. The van der Waals surface area contributed by atoms with E-state index in [2.05, 4.69) is 15.1 Å². The molecule has 4 rings (SSSR count). The molecule has 8 nitrogen and oxygen atoms in total. The zero-order valence-electron chi connectivity index (χ0n) is 13.9. The van der Waals surface area contributed by atoms with Crippen molar-refractivity contribution in [2.45, 2.75) is 5.16 Å². The number of carbonyl (C=O) groups excluding carboxylic acids is 1. The number of morpholine rings is 1. The van der Waals surface area contributed by atoms with Crippen molar-refractivity contribution in [3.05, 3.63) is 47.0 Å². The van der Waals surface area contributed by atoms with E-state index in [1.165, 1.54) is 16.3 Å². The van der Waals surface area contributed by atoms with Crippen molar-refractivity contribution in [2.75, 3.05) is 32.1 Å². The SMILES string of the molecule is O=C(CSc1nc2c(-c3ccccc3)cnn2c(=O)[nH]1)N1CCOCC1. The van der Waals surface area contributed by atoms with Crippen LogP contribution in [0.25, 0.3) is 16.8 Å². The van der Waals surface area contributed by atoms with Gasteiger partial charge in [-0.15, -0.1) is 0 Å². The summed E-state index contributed by atoms with van der Waals surface area (Å²) in [5.74, 6) is 0.228. The smallest absolute Gasteiger partial charge is 0.350 e. The molecule has 0 radical (unpaired) electrons. The Morgan fingerprint density at radius 3 is 2.77 bits per heavy atom. The Labute approximate surface area is 153 Å². The molecule has 1 amide bonds. The summed E-state index contributed by atoms with van der Waals surface area (Å²) >= 11 is 1.22. The van der Waals surface area contributed by atoms with Gasteiger partial charge in [-0.3, -0.25) is 9.78 Å². The van der Waals surface area contributed by atoms with Gasteiger partial charge in [0, 0.05) is 18.7 Å². The predicted molar refractivity (Wildman–Crippen MR) is 97.2 cm³/mol. The monoisotopic (exact) mass is 371 g/mol. The first-order valence-electron chi connectivity index (χ1n) is 8.24. The summed E-state index contributed by atoms with van der Waals surface area (Å²) in [6.45, 7) is 2.33. The number of nitrogens with zero attached hydrogens (tertiary/aromatic N) is 4. The summed E-state index contributed by atoms with van der Waals surface area (Å²) in [5.41, 5.74) is 1.80. The number of H-pyrrole nitrogens is 1. The second kappa shape index (κ2) is 7.30. The van der Waals surface area contributed by atoms with Crippen molar-refractivity contribution in [3.8, 4) is 11.1 Å². The van der Waals surface area contributed by atoms with Crippen molar-refractivity contribution < 1.29 is 9.53 Å². The standard InChI is InChI=1S/C17H17N5O3S/c23-14(21-6-8-25-9-7-21)11-26-16-19-15-13(12-4-2-1-3-5-12)10-18-22(15)17(24)20-16/h1-5,10H,6-9,11H2,(H,19,20,24). The number of rotatable bonds is 4. The van der Waals surface area contributed by atoms with Gasteiger partial charge in [0.2, 0.25) is 5.91 Å². The van der Waals surface area contributed by atoms with Crippen LogP contribution in [-0.4, -0.2) is 62.4 Å². The predicted octanol–water partition coefficient (Wildman–Crippen LogP) is 1.04. The molecule has 2 aromatic heterocycles. The number of aromatic amines is 1. The molecule has 3 heterocycles. The molecule has 1 N–H and O–H groups in total. The van der Waals surface area contributed by atoms with Gasteiger partial charge in [0.05, 0.1) is 25.2 Å². The lowest BCUT2D eigenvalue weighted by Crippen LogP contribution is -2.41. The third-order valence-electron chi connectivity index (χ3n) is 4.14. The van der Waals surface area contributed by atoms with Crippen LogP contribution in [0.3, 0.4) is 0 Å². The third-order valence-corrected chi connectivity index (χ3v) is 5.00. The van der Waals surface area contributed by atoms with E-state index < -0.39 is 0 Å². The molecule has 0 bridgehead atoms. The topological polar surface area (TPSA) is 92.6 Å². The van der Waals surface area contributed by atoms with Crippen LogP contribution in [0.1, 0.15) is 0 Å². The number of ether oxygens (including phenoxy) is 1. The maximum absolute atomic E-state index is 12.3. The van der Waals surface area contributed by atoms with E-state index in [0.717, 1.165) is 11.1 Å². The first kappa shape index (κ1) is 16.8. The van der Waals surface area contributed by atoms with Gasteiger partial charge in [-0.05, 0) is 5.56 Å². The minimum absolute atomic E-state index is 0.0117. The van der Waals surface area contributed by atoms with Gasteiger partial charge >= 0.3 is 5.69 Å². The number of carbonyl (C=O) groups is 1. The lowest BCUT2D eigenvalue weighted by atomic mass is 10.1. The van der Waals surface area contributed by atoms with E-state index in [1.54, 1.807) is 11.1 Å². The van der Waals surface area contributed by atoms with E-state index in [-0.39, 0.29) is 17.3 Å². The van der Waals surface area contributed by atoms with E-state index in [4.69, 9.17) is 4.74 Å². The van der Waals surface area contributed by atoms with Crippen LogP contribution in [0.15, 0.2) is 46.5 Å². The maximum atomic E-state index is 12.3. The third kappa shape index (κ3) is 3.35. The van der Waals surface area contributed by atoms with Crippen molar-refractivity contribution in [3.63, 3.8) is 0 Å². The first-order valence-corrected chi connectivity index (χ1v) is 9.23. The van der Waals surface area contributed by atoms with Crippen molar-refractivity contribution >= 4 is 23.3 Å².